The molecule has 0 fully saturated rings. The van der Waals surface area contributed by atoms with Crippen LogP contribution in [0, 0.1) is 13.8 Å². The Balaban J connectivity index is 0.00000160. The molecule has 0 unspecified atom stereocenters. The van der Waals surface area contributed by atoms with Crippen molar-refractivity contribution < 1.29 is 4.79 Å². The molecule has 0 radical (unpaired) electrons. The molecule has 0 saturated heterocycles. The van der Waals surface area contributed by atoms with E-state index in [0.29, 0.717) is 11.9 Å². The molecular formula is C21H25Cl2N5O2. The number of nitrogens with zero attached hydrogens (tertiary/aromatic N) is 3. The molecule has 30 heavy (non-hydrogen) atoms. The van der Waals surface area contributed by atoms with Gasteiger partial charge in [-0.25, -0.2) is 4.68 Å². The lowest BCUT2D eigenvalue weighted by molar-refractivity contribution is -0.122. The molecule has 0 bridgehead atoms. The van der Waals surface area contributed by atoms with Crippen LogP contribution in [0.3, 0.4) is 0 Å². The molecule has 0 aliphatic carbocycles. The Kier molecular flexibility index (Phi) is 7.95. The van der Waals surface area contributed by atoms with E-state index in [1.165, 1.54) is 15.8 Å². The quantitative estimate of drug-likeness (QED) is 0.637. The minimum absolute atomic E-state index is 0. The van der Waals surface area contributed by atoms with Crippen LogP contribution in [0.5, 0.6) is 0 Å². The number of aromatic nitrogens is 3. The lowest BCUT2D eigenvalue weighted by Crippen LogP contribution is -2.34. The SMILES string of the molecule is Cc1ncc2c(c1CNC(=O)Cn1nc(C)c3ccccc3c1=O)CCNC2.Cl.Cl. The van der Waals surface area contributed by atoms with Crippen molar-refractivity contribution in [3.05, 3.63) is 68.9 Å². The highest BCUT2D eigenvalue weighted by atomic mass is 35.5. The van der Waals surface area contributed by atoms with Crippen LogP contribution in [0.1, 0.15) is 28.1 Å². The summed E-state index contributed by atoms with van der Waals surface area (Å²) in [5, 5.41) is 12.0. The second-order valence-corrected chi connectivity index (χ2v) is 7.12. The van der Waals surface area contributed by atoms with Crippen molar-refractivity contribution in [2.45, 2.75) is 39.9 Å². The molecule has 7 nitrogen and oxygen atoms in total. The van der Waals surface area contributed by atoms with Crippen LogP contribution < -0.4 is 16.2 Å². The molecule has 160 valence electrons. The summed E-state index contributed by atoms with van der Waals surface area (Å²) in [5.41, 5.74) is 4.93. The molecule has 0 atom stereocenters. The fourth-order valence-corrected chi connectivity index (χ4v) is 3.77. The molecule has 2 aromatic heterocycles. The fraction of sp³-hybridized carbons (Fsp3) is 0.333. The second kappa shape index (κ2) is 10.0. The van der Waals surface area contributed by atoms with Crippen LogP contribution in [0.2, 0.25) is 0 Å². The first-order valence-corrected chi connectivity index (χ1v) is 9.44. The molecular weight excluding hydrogens is 425 g/mol. The Labute approximate surface area is 187 Å². The molecule has 1 aromatic carbocycles. The molecule has 3 aromatic rings. The predicted octanol–water partition coefficient (Wildman–Crippen LogP) is 2.21. The zero-order valence-corrected chi connectivity index (χ0v) is 18.5. The van der Waals surface area contributed by atoms with E-state index >= 15 is 0 Å². The number of nitrogens with one attached hydrogen (secondary N) is 2. The van der Waals surface area contributed by atoms with E-state index in [0.717, 1.165) is 41.8 Å². The van der Waals surface area contributed by atoms with Crippen molar-refractivity contribution in [1.29, 1.82) is 0 Å². The minimum atomic E-state index is -0.252. The number of hydrogen-bond donors (Lipinski definition) is 2. The largest absolute Gasteiger partial charge is 0.350 e. The van der Waals surface area contributed by atoms with Gasteiger partial charge in [-0.2, -0.15) is 5.10 Å². The maximum Gasteiger partial charge on any atom is 0.275 e. The number of aryl methyl sites for hydroxylation is 2. The molecule has 0 saturated carbocycles. The van der Waals surface area contributed by atoms with Crippen molar-refractivity contribution in [3.63, 3.8) is 0 Å². The standard InChI is InChI=1S/C21H23N5O2.2ClH/c1-13-19(17-7-8-22-9-15(17)10-23-13)11-24-20(27)12-26-21(28)18-6-4-3-5-16(18)14(2)25-26;;/h3-6,10,22H,7-9,11-12H2,1-2H3,(H,24,27);2*1H. The molecule has 3 heterocycles. The highest BCUT2D eigenvalue weighted by Crippen LogP contribution is 2.20. The molecule has 1 aliphatic rings. The van der Waals surface area contributed by atoms with Gasteiger partial charge >= 0.3 is 0 Å². The Morgan fingerprint density at radius 2 is 1.90 bits per heavy atom. The number of hydrogen-bond acceptors (Lipinski definition) is 5. The second-order valence-electron chi connectivity index (χ2n) is 7.12. The first-order valence-electron chi connectivity index (χ1n) is 9.44. The third-order valence-electron chi connectivity index (χ3n) is 5.28. The highest BCUT2D eigenvalue weighted by molar-refractivity contribution is 5.86. The number of pyridine rings is 1. The smallest absolute Gasteiger partial charge is 0.275 e. The topological polar surface area (TPSA) is 88.9 Å². The Hall–Kier alpha value is -2.48. The van der Waals surface area contributed by atoms with Gasteiger partial charge in [-0.3, -0.25) is 14.6 Å². The molecule has 1 amide bonds. The molecule has 4 rings (SSSR count). The van der Waals surface area contributed by atoms with Crippen LogP contribution in [-0.4, -0.2) is 27.2 Å². The van der Waals surface area contributed by atoms with E-state index in [1.54, 1.807) is 6.07 Å². The minimum Gasteiger partial charge on any atom is -0.350 e. The first kappa shape index (κ1) is 23.8. The molecule has 0 spiro atoms. The Bertz CT molecular complexity index is 1130. The summed E-state index contributed by atoms with van der Waals surface area (Å²) in [5.74, 6) is -0.241. The van der Waals surface area contributed by atoms with Gasteiger partial charge in [0.15, 0.2) is 0 Å². The lowest BCUT2D eigenvalue weighted by atomic mass is 9.96. The number of carbonyl (C=O) groups excluding carboxylic acids is 1. The summed E-state index contributed by atoms with van der Waals surface area (Å²) in [6, 6.07) is 7.32. The first-order chi connectivity index (χ1) is 13.5. The average Bonchev–Trinajstić information content (AvgIpc) is 2.71. The predicted molar refractivity (Wildman–Crippen MR) is 121 cm³/mol. The fourth-order valence-electron chi connectivity index (χ4n) is 3.77. The van der Waals surface area contributed by atoms with E-state index in [1.807, 2.05) is 38.2 Å². The van der Waals surface area contributed by atoms with E-state index in [4.69, 9.17) is 0 Å². The van der Waals surface area contributed by atoms with Gasteiger partial charge in [0.2, 0.25) is 5.91 Å². The van der Waals surface area contributed by atoms with Gasteiger partial charge in [0.25, 0.3) is 5.56 Å². The third-order valence-corrected chi connectivity index (χ3v) is 5.28. The number of benzene rings is 1. The summed E-state index contributed by atoms with van der Waals surface area (Å²) in [4.78, 5) is 29.6. The van der Waals surface area contributed by atoms with Crippen LogP contribution in [0.15, 0.2) is 35.3 Å². The molecule has 2 N–H and O–H groups in total. The maximum absolute atomic E-state index is 12.6. The van der Waals surface area contributed by atoms with Crippen LogP contribution >= 0.6 is 24.8 Å². The van der Waals surface area contributed by atoms with Crippen LogP contribution in [0.25, 0.3) is 10.8 Å². The van der Waals surface area contributed by atoms with Gasteiger partial charge in [0.1, 0.15) is 6.54 Å². The Morgan fingerprint density at radius 1 is 1.17 bits per heavy atom. The van der Waals surface area contributed by atoms with Gasteiger partial charge in [-0.1, -0.05) is 18.2 Å². The summed E-state index contributed by atoms with van der Waals surface area (Å²) in [7, 11) is 0. The number of fused-ring (bicyclic) bond motifs is 2. The van der Waals surface area contributed by atoms with Crippen molar-refractivity contribution in [2.24, 2.45) is 0 Å². The number of rotatable bonds is 4. The van der Waals surface area contributed by atoms with E-state index < -0.39 is 0 Å². The highest BCUT2D eigenvalue weighted by Gasteiger charge is 2.17. The number of carbonyl (C=O) groups is 1. The van der Waals surface area contributed by atoms with Crippen molar-refractivity contribution >= 4 is 41.5 Å². The van der Waals surface area contributed by atoms with Gasteiger partial charge in [0.05, 0.1) is 11.1 Å². The summed E-state index contributed by atoms with van der Waals surface area (Å²) >= 11 is 0. The summed E-state index contributed by atoms with van der Waals surface area (Å²) in [6.45, 7) is 5.83. The van der Waals surface area contributed by atoms with Gasteiger partial charge in [0, 0.05) is 30.4 Å². The van der Waals surface area contributed by atoms with Gasteiger partial charge in [-0.05, 0) is 49.6 Å². The van der Waals surface area contributed by atoms with Gasteiger partial charge in [-0.15, -0.1) is 24.8 Å². The van der Waals surface area contributed by atoms with Gasteiger partial charge < -0.3 is 10.6 Å². The monoisotopic (exact) mass is 449 g/mol. The van der Waals surface area contributed by atoms with Crippen molar-refractivity contribution in [1.82, 2.24) is 25.4 Å². The van der Waals surface area contributed by atoms with E-state index in [2.05, 4.69) is 20.7 Å². The van der Waals surface area contributed by atoms with E-state index in [-0.39, 0.29) is 42.8 Å². The number of amides is 1. The zero-order valence-electron chi connectivity index (χ0n) is 16.9. The zero-order chi connectivity index (χ0) is 19.7. The lowest BCUT2D eigenvalue weighted by Gasteiger charge is -2.21. The average molecular weight is 450 g/mol. The normalized spacial score (nSPS) is 12.5. The summed E-state index contributed by atoms with van der Waals surface area (Å²) < 4.78 is 1.24. The van der Waals surface area contributed by atoms with Crippen molar-refractivity contribution in [2.75, 3.05) is 6.54 Å². The van der Waals surface area contributed by atoms with Crippen LogP contribution in [-0.2, 0) is 30.8 Å². The van der Waals surface area contributed by atoms with Crippen molar-refractivity contribution in [3.8, 4) is 0 Å². The molecule has 9 heteroatoms. The summed E-state index contributed by atoms with van der Waals surface area (Å²) in [6.07, 6.45) is 2.83. The number of halogens is 2. The van der Waals surface area contributed by atoms with Crippen LogP contribution in [0.4, 0.5) is 0 Å². The third kappa shape index (κ3) is 4.64. The van der Waals surface area contributed by atoms with E-state index in [9.17, 15) is 9.59 Å². The Morgan fingerprint density at radius 3 is 2.67 bits per heavy atom. The molecule has 1 aliphatic heterocycles. The maximum atomic E-state index is 12.6.